The summed E-state index contributed by atoms with van der Waals surface area (Å²) in [4.78, 5) is 12.1. The van der Waals surface area contributed by atoms with Gasteiger partial charge < -0.3 is 5.73 Å². The van der Waals surface area contributed by atoms with E-state index in [0.29, 0.717) is 5.56 Å². The molecule has 0 aliphatic rings. The highest BCUT2D eigenvalue weighted by Gasteiger charge is 2.07. The molecule has 3 rings (SSSR count). The Balaban J connectivity index is 2.21. The monoisotopic (exact) mass is 269 g/mol. The molecule has 0 aliphatic heterocycles. The molecule has 5 heteroatoms. The fourth-order valence-electron chi connectivity index (χ4n) is 2.00. The van der Waals surface area contributed by atoms with Crippen LogP contribution in [0.15, 0.2) is 53.6 Å². The number of nitrogens with zero attached hydrogens (tertiary/aromatic N) is 2. The van der Waals surface area contributed by atoms with E-state index >= 15 is 0 Å². The fraction of sp³-hybridized carbons (Fsp3) is 0. The number of hydrogen-bond acceptors (Lipinski definition) is 3. The molecule has 4 nitrogen and oxygen atoms in total. The summed E-state index contributed by atoms with van der Waals surface area (Å²) in [6.07, 6.45) is 1.78. The zero-order valence-electron chi connectivity index (χ0n) is 9.95. The molecule has 94 valence electrons. The summed E-state index contributed by atoms with van der Waals surface area (Å²) >= 11 is 4.33. The van der Waals surface area contributed by atoms with Crippen LogP contribution in [0.2, 0.25) is 0 Å². The smallest absolute Gasteiger partial charge is 0.248 e. The summed E-state index contributed by atoms with van der Waals surface area (Å²) in [5, 5.41) is 5.35. The first-order valence-electron chi connectivity index (χ1n) is 5.72. The van der Waals surface area contributed by atoms with Crippen molar-refractivity contribution in [1.29, 1.82) is 0 Å². The minimum Gasteiger partial charge on any atom is -0.366 e. The largest absolute Gasteiger partial charge is 0.366 e. The Morgan fingerprint density at radius 1 is 1.21 bits per heavy atom. The standard InChI is InChI=1S/C14H11N3OS/c15-14(18)9-2-1-3-11(6-9)17-13-7-12(19)5-4-10(13)8-16-17/h1-8,19H,(H2,15,18). The van der Waals surface area contributed by atoms with Crippen LogP contribution in [-0.4, -0.2) is 15.7 Å². The summed E-state index contributed by atoms with van der Waals surface area (Å²) in [5.74, 6) is -0.451. The van der Waals surface area contributed by atoms with Crippen molar-refractivity contribution in [1.82, 2.24) is 9.78 Å². The Labute approximate surface area is 115 Å². The molecule has 19 heavy (non-hydrogen) atoms. The van der Waals surface area contributed by atoms with Crippen molar-refractivity contribution in [2.24, 2.45) is 5.73 Å². The lowest BCUT2D eigenvalue weighted by Crippen LogP contribution is -2.11. The molecule has 0 aliphatic carbocycles. The van der Waals surface area contributed by atoms with Gasteiger partial charge in [-0.05, 0) is 30.3 Å². The van der Waals surface area contributed by atoms with Gasteiger partial charge in [-0.3, -0.25) is 4.79 Å². The minimum atomic E-state index is -0.451. The number of amides is 1. The number of fused-ring (bicyclic) bond motifs is 1. The van der Waals surface area contributed by atoms with Crippen LogP contribution in [0.3, 0.4) is 0 Å². The minimum absolute atomic E-state index is 0.451. The lowest BCUT2D eigenvalue weighted by atomic mass is 10.2. The van der Waals surface area contributed by atoms with E-state index in [1.807, 2.05) is 24.3 Å². The number of hydrogen-bond donors (Lipinski definition) is 2. The molecule has 0 radical (unpaired) electrons. The Morgan fingerprint density at radius 2 is 2.05 bits per heavy atom. The van der Waals surface area contributed by atoms with E-state index in [4.69, 9.17) is 5.73 Å². The zero-order valence-corrected chi connectivity index (χ0v) is 10.8. The van der Waals surface area contributed by atoms with Crippen LogP contribution >= 0.6 is 12.6 Å². The molecule has 0 unspecified atom stereocenters. The number of aromatic nitrogens is 2. The number of carbonyl (C=O) groups is 1. The molecule has 3 aromatic rings. The van der Waals surface area contributed by atoms with Crippen molar-refractivity contribution in [3.8, 4) is 5.69 Å². The predicted octanol–water partition coefficient (Wildman–Crippen LogP) is 2.41. The second-order valence-corrected chi connectivity index (χ2v) is 4.73. The van der Waals surface area contributed by atoms with Gasteiger partial charge in [0.15, 0.2) is 0 Å². The number of primary amides is 1. The maximum atomic E-state index is 11.2. The molecule has 0 bridgehead atoms. The van der Waals surface area contributed by atoms with E-state index in [1.165, 1.54) is 0 Å². The van der Waals surface area contributed by atoms with Crippen molar-refractivity contribution < 1.29 is 4.79 Å². The molecule has 1 amide bonds. The lowest BCUT2D eigenvalue weighted by molar-refractivity contribution is 0.100. The van der Waals surface area contributed by atoms with E-state index in [2.05, 4.69) is 17.7 Å². The molecular weight excluding hydrogens is 258 g/mol. The van der Waals surface area contributed by atoms with Crippen LogP contribution in [0.5, 0.6) is 0 Å². The first-order chi connectivity index (χ1) is 9.15. The van der Waals surface area contributed by atoms with E-state index in [1.54, 1.807) is 29.1 Å². The summed E-state index contributed by atoms with van der Waals surface area (Å²) in [6, 6.07) is 12.9. The number of thiol groups is 1. The molecule has 0 spiro atoms. The van der Waals surface area contributed by atoms with Crippen molar-refractivity contribution in [3.05, 3.63) is 54.2 Å². The van der Waals surface area contributed by atoms with Gasteiger partial charge in [0.2, 0.25) is 5.91 Å². The maximum Gasteiger partial charge on any atom is 0.248 e. The molecule has 2 aromatic carbocycles. The summed E-state index contributed by atoms with van der Waals surface area (Å²) < 4.78 is 1.77. The average molecular weight is 269 g/mol. The molecule has 1 heterocycles. The van der Waals surface area contributed by atoms with Gasteiger partial charge in [-0.1, -0.05) is 12.1 Å². The Kier molecular flexibility index (Phi) is 2.76. The van der Waals surface area contributed by atoms with Gasteiger partial charge in [-0.2, -0.15) is 5.10 Å². The van der Waals surface area contributed by atoms with Crippen LogP contribution < -0.4 is 5.73 Å². The predicted molar refractivity (Wildman–Crippen MR) is 76.8 cm³/mol. The first-order valence-corrected chi connectivity index (χ1v) is 6.17. The normalized spacial score (nSPS) is 10.8. The van der Waals surface area contributed by atoms with Gasteiger partial charge in [0.25, 0.3) is 0 Å². The molecule has 2 N–H and O–H groups in total. The highest BCUT2D eigenvalue weighted by atomic mass is 32.1. The number of rotatable bonds is 2. The van der Waals surface area contributed by atoms with Gasteiger partial charge in [0.05, 0.1) is 17.4 Å². The maximum absolute atomic E-state index is 11.2. The van der Waals surface area contributed by atoms with Crippen LogP contribution in [0.1, 0.15) is 10.4 Å². The third kappa shape index (κ3) is 2.08. The second-order valence-electron chi connectivity index (χ2n) is 4.21. The van der Waals surface area contributed by atoms with Crippen LogP contribution in [0.4, 0.5) is 0 Å². The Hall–Kier alpha value is -2.27. The van der Waals surface area contributed by atoms with Gasteiger partial charge >= 0.3 is 0 Å². The molecule has 0 fully saturated rings. The summed E-state index contributed by atoms with van der Waals surface area (Å²) in [5.41, 5.74) is 7.49. The molecule has 0 atom stereocenters. The Morgan fingerprint density at radius 3 is 2.84 bits per heavy atom. The molecule has 1 aromatic heterocycles. The number of carbonyl (C=O) groups excluding carboxylic acids is 1. The van der Waals surface area contributed by atoms with Crippen molar-refractivity contribution in [2.75, 3.05) is 0 Å². The SMILES string of the molecule is NC(=O)c1cccc(-n2ncc3ccc(S)cc32)c1. The van der Waals surface area contributed by atoms with Gasteiger partial charge in [-0.25, -0.2) is 4.68 Å². The second kappa shape index (κ2) is 4.44. The van der Waals surface area contributed by atoms with Crippen molar-refractivity contribution in [3.63, 3.8) is 0 Å². The van der Waals surface area contributed by atoms with Crippen LogP contribution in [0.25, 0.3) is 16.6 Å². The topological polar surface area (TPSA) is 60.9 Å². The highest BCUT2D eigenvalue weighted by Crippen LogP contribution is 2.21. The van der Waals surface area contributed by atoms with Crippen LogP contribution in [-0.2, 0) is 0 Å². The van der Waals surface area contributed by atoms with Crippen molar-refractivity contribution in [2.45, 2.75) is 4.90 Å². The quantitative estimate of drug-likeness (QED) is 0.702. The van der Waals surface area contributed by atoms with E-state index < -0.39 is 5.91 Å². The number of benzene rings is 2. The first kappa shape index (κ1) is 11.8. The third-order valence-corrected chi connectivity index (χ3v) is 3.21. The van der Waals surface area contributed by atoms with Gasteiger partial charge in [-0.15, -0.1) is 12.6 Å². The average Bonchev–Trinajstić information content (AvgIpc) is 2.81. The van der Waals surface area contributed by atoms with Gasteiger partial charge in [0.1, 0.15) is 0 Å². The number of nitrogens with two attached hydrogens (primary N) is 1. The van der Waals surface area contributed by atoms with Gasteiger partial charge in [0, 0.05) is 15.8 Å². The lowest BCUT2D eigenvalue weighted by Gasteiger charge is -2.05. The third-order valence-electron chi connectivity index (χ3n) is 2.93. The van der Waals surface area contributed by atoms with E-state index in [0.717, 1.165) is 21.5 Å². The van der Waals surface area contributed by atoms with Crippen LogP contribution in [0, 0.1) is 0 Å². The fourth-order valence-corrected chi connectivity index (χ4v) is 2.20. The zero-order chi connectivity index (χ0) is 13.4. The summed E-state index contributed by atoms with van der Waals surface area (Å²) in [6.45, 7) is 0. The molecular formula is C14H11N3OS. The highest BCUT2D eigenvalue weighted by molar-refractivity contribution is 7.80. The van der Waals surface area contributed by atoms with E-state index in [-0.39, 0.29) is 0 Å². The summed E-state index contributed by atoms with van der Waals surface area (Å²) in [7, 11) is 0. The Bertz CT molecular complexity index is 779. The molecule has 0 saturated heterocycles. The van der Waals surface area contributed by atoms with Crippen molar-refractivity contribution >= 4 is 29.4 Å². The molecule has 0 saturated carbocycles. The van der Waals surface area contributed by atoms with E-state index in [9.17, 15) is 4.79 Å².